The van der Waals surface area contributed by atoms with Gasteiger partial charge in [-0.2, -0.15) is 0 Å². The van der Waals surface area contributed by atoms with E-state index in [1.807, 2.05) is 6.07 Å². The molecule has 0 fully saturated rings. The summed E-state index contributed by atoms with van der Waals surface area (Å²) in [6.45, 7) is 9.25. The third-order valence-electron chi connectivity index (χ3n) is 4.11. The minimum absolute atomic E-state index is 0.330. The van der Waals surface area contributed by atoms with E-state index < -0.39 is 5.97 Å². The van der Waals surface area contributed by atoms with E-state index in [0.29, 0.717) is 11.5 Å². The first-order valence-electron chi connectivity index (χ1n) is 7.88. The molecule has 1 aromatic heterocycles. The molecule has 0 saturated carbocycles. The monoisotopic (exact) mass is 287 g/mol. The second-order valence-corrected chi connectivity index (χ2v) is 5.97. The predicted molar refractivity (Wildman–Crippen MR) is 87.3 cm³/mol. The molecule has 0 atom stereocenters. The standard InChI is InChI=1S/C18H25NO2/c1-5-7-8-13-11-19(6-2)17-15(13)9-14(12(3)4)10-16(17)18(20)21/h9-12H,5-8H2,1-4H3,(H,20,21). The number of carboxylic acids is 1. The smallest absolute Gasteiger partial charge is 0.337 e. The van der Waals surface area contributed by atoms with Gasteiger partial charge in [-0.3, -0.25) is 0 Å². The Kier molecular flexibility index (Phi) is 4.71. The van der Waals surface area contributed by atoms with E-state index in [9.17, 15) is 9.90 Å². The average molecular weight is 287 g/mol. The first-order chi connectivity index (χ1) is 9.99. The van der Waals surface area contributed by atoms with E-state index in [0.717, 1.165) is 42.3 Å². The SMILES string of the molecule is CCCCc1cn(CC)c2c(C(=O)O)cc(C(C)C)cc12. The summed E-state index contributed by atoms with van der Waals surface area (Å²) in [5, 5.41) is 10.7. The molecule has 2 aromatic rings. The summed E-state index contributed by atoms with van der Waals surface area (Å²) in [7, 11) is 0. The van der Waals surface area contributed by atoms with E-state index in [4.69, 9.17) is 0 Å². The van der Waals surface area contributed by atoms with Crippen LogP contribution < -0.4 is 0 Å². The largest absolute Gasteiger partial charge is 0.478 e. The highest BCUT2D eigenvalue weighted by atomic mass is 16.4. The summed E-state index contributed by atoms with van der Waals surface area (Å²) < 4.78 is 2.08. The summed E-state index contributed by atoms with van der Waals surface area (Å²) in [6.07, 6.45) is 5.43. The number of hydrogen-bond acceptors (Lipinski definition) is 1. The Labute approximate surface area is 126 Å². The molecular weight excluding hydrogens is 262 g/mol. The Morgan fingerprint density at radius 2 is 2.00 bits per heavy atom. The van der Waals surface area contributed by atoms with E-state index in [1.54, 1.807) is 0 Å². The second kappa shape index (κ2) is 6.33. The minimum Gasteiger partial charge on any atom is -0.478 e. The highest BCUT2D eigenvalue weighted by Crippen LogP contribution is 2.30. The predicted octanol–water partition coefficient (Wildman–Crippen LogP) is 4.83. The van der Waals surface area contributed by atoms with Crippen molar-refractivity contribution in [1.29, 1.82) is 0 Å². The molecule has 3 nitrogen and oxygen atoms in total. The molecule has 114 valence electrons. The van der Waals surface area contributed by atoms with Crippen molar-refractivity contribution in [2.45, 2.75) is 59.4 Å². The van der Waals surface area contributed by atoms with Crippen LogP contribution in [0.2, 0.25) is 0 Å². The van der Waals surface area contributed by atoms with Crippen LogP contribution in [0.3, 0.4) is 0 Å². The molecule has 3 heteroatoms. The van der Waals surface area contributed by atoms with Gasteiger partial charge < -0.3 is 9.67 Å². The van der Waals surface area contributed by atoms with E-state index in [2.05, 4.69) is 44.5 Å². The lowest BCUT2D eigenvalue weighted by Crippen LogP contribution is -2.04. The number of aromatic carboxylic acids is 1. The van der Waals surface area contributed by atoms with Crippen molar-refractivity contribution >= 4 is 16.9 Å². The van der Waals surface area contributed by atoms with E-state index in [1.165, 1.54) is 5.56 Å². The van der Waals surface area contributed by atoms with Gasteiger partial charge in [-0.1, -0.05) is 27.2 Å². The maximum absolute atomic E-state index is 11.7. The lowest BCUT2D eigenvalue weighted by molar-refractivity contribution is 0.0698. The van der Waals surface area contributed by atoms with Gasteiger partial charge in [-0.25, -0.2) is 4.79 Å². The molecule has 21 heavy (non-hydrogen) atoms. The number of aryl methyl sites for hydroxylation is 2. The van der Waals surface area contributed by atoms with Crippen LogP contribution in [0.4, 0.5) is 0 Å². The van der Waals surface area contributed by atoms with Crippen LogP contribution in [0.25, 0.3) is 10.9 Å². The highest BCUT2D eigenvalue weighted by molar-refractivity contribution is 6.04. The molecule has 0 aliphatic rings. The highest BCUT2D eigenvalue weighted by Gasteiger charge is 2.18. The summed E-state index contributed by atoms with van der Waals surface area (Å²) in [4.78, 5) is 11.7. The summed E-state index contributed by atoms with van der Waals surface area (Å²) in [6, 6.07) is 4.02. The summed E-state index contributed by atoms with van der Waals surface area (Å²) in [5.74, 6) is -0.506. The van der Waals surface area contributed by atoms with Crippen LogP contribution in [0.15, 0.2) is 18.3 Å². The molecule has 1 N–H and O–H groups in total. The van der Waals surface area contributed by atoms with Crippen molar-refractivity contribution in [2.75, 3.05) is 0 Å². The van der Waals surface area contributed by atoms with Gasteiger partial charge >= 0.3 is 5.97 Å². The minimum atomic E-state index is -0.836. The number of fused-ring (bicyclic) bond motifs is 1. The Hall–Kier alpha value is -1.77. The van der Waals surface area contributed by atoms with Gasteiger partial charge in [0.25, 0.3) is 0 Å². The molecule has 0 unspecified atom stereocenters. The van der Waals surface area contributed by atoms with Crippen molar-refractivity contribution in [3.63, 3.8) is 0 Å². The van der Waals surface area contributed by atoms with E-state index >= 15 is 0 Å². The first kappa shape index (κ1) is 15.6. The lowest BCUT2D eigenvalue weighted by Gasteiger charge is -2.10. The molecule has 0 aliphatic carbocycles. The zero-order chi connectivity index (χ0) is 15.6. The molecule has 0 amide bonds. The average Bonchev–Trinajstić information content (AvgIpc) is 2.81. The van der Waals surface area contributed by atoms with Crippen LogP contribution in [-0.2, 0) is 13.0 Å². The van der Waals surface area contributed by atoms with Crippen molar-refractivity contribution in [2.24, 2.45) is 0 Å². The van der Waals surface area contributed by atoms with Crippen molar-refractivity contribution in [3.8, 4) is 0 Å². The zero-order valence-corrected chi connectivity index (χ0v) is 13.4. The molecule has 2 rings (SSSR count). The first-order valence-corrected chi connectivity index (χ1v) is 7.88. The summed E-state index contributed by atoms with van der Waals surface area (Å²) >= 11 is 0. The van der Waals surface area contributed by atoms with Gasteiger partial charge in [-0.15, -0.1) is 0 Å². The fraction of sp³-hybridized carbons (Fsp3) is 0.500. The third-order valence-corrected chi connectivity index (χ3v) is 4.11. The van der Waals surface area contributed by atoms with Crippen molar-refractivity contribution in [1.82, 2.24) is 4.57 Å². The molecule has 1 heterocycles. The Balaban J connectivity index is 2.74. The zero-order valence-electron chi connectivity index (χ0n) is 13.4. The summed E-state index contributed by atoms with van der Waals surface area (Å²) in [5.41, 5.74) is 3.69. The fourth-order valence-electron chi connectivity index (χ4n) is 2.85. The van der Waals surface area contributed by atoms with Gasteiger partial charge in [0.05, 0.1) is 11.1 Å². The molecular formula is C18H25NO2. The molecule has 0 saturated heterocycles. The van der Waals surface area contributed by atoms with E-state index in [-0.39, 0.29) is 0 Å². The Bertz CT molecular complexity index is 653. The third kappa shape index (κ3) is 2.97. The molecule has 0 radical (unpaired) electrons. The van der Waals surface area contributed by atoms with Gasteiger partial charge in [-0.05, 0) is 48.9 Å². The molecule has 1 aromatic carbocycles. The van der Waals surface area contributed by atoms with Crippen LogP contribution in [0, 0.1) is 0 Å². The second-order valence-electron chi connectivity index (χ2n) is 5.97. The number of carbonyl (C=O) groups is 1. The number of rotatable bonds is 6. The normalized spacial score (nSPS) is 11.5. The topological polar surface area (TPSA) is 42.2 Å². The lowest BCUT2D eigenvalue weighted by atomic mass is 9.96. The van der Waals surface area contributed by atoms with Crippen LogP contribution in [0.5, 0.6) is 0 Å². The maximum atomic E-state index is 11.7. The Morgan fingerprint density at radius 1 is 1.29 bits per heavy atom. The van der Waals surface area contributed by atoms with Crippen LogP contribution in [0.1, 0.15) is 67.9 Å². The van der Waals surface area contributed by atoms with Gasteiger partial charge in [0, 0.05) is 18.1 Å². The van der Waals surface area contributed by atoms with Crippen molar-refractivity contribution in [3.05, 3.63) is 35.0 Å². The number of benzene rings is 1. The number of nitrogens with zero attached hydrogens (tertiary/aromatic N) is 1. The fourth-order valence-corrected chi connectivity index (χ4v) is 2.85. The van der Waals surface area contributed by atoms with Crippen molar-refractivity contribution < 1.29 is 9.90 Å². The van der Waals surface area contributed by atoms with Gasteiger partial charge in [0.1, 0.15) is 0 Å². The Morgan fingerprint density at radius 3 is 2.52 bits per heavy atom. The molecule has 0 aliphatic heterocycles. The van der Waals surface area contributed by atoms with Gasteiger partial charge in [0.2, 0.25) is 0 Å². The number of aromatic nitrogens is 1. The molecule has 0 spiro atoms. The van der Waals surface area contributed by atoms with Crippen LogP contribution >= 0.6 is 0 Å². The quantitative estimate of drug-likeness (QED) is 0.827. The number of carboxylic acid groups (broad SMARTS) is 1. The number of unbranched alkanes of at least 4 members (excludes halogenated alkanes) is 1. The number of hydrogen-bond donors (Lipinski definition) is 1. The molecule has 0 bridgehead atoms. The van der Waals surface area contributed by atoms with Gasteiger partial charge in [0.15, 0.2) is 0 Å². The maximum Gasteiger partial charge on any atom is 0.337 e. The van der Waals surface area contributed by atoms with Crippen LogP contribution in [-0.4, -0.2) is 15.6 Å².